The molecule has 2 aliphatic heterocycles. The van der Waals surface area contributed by atoms with Crippen LogP contribution in [-0.4, -0.2) is 27.0 Å². The number of rotatable bonds is 1. The second-order valence-electron chi connectivity index (χ2n) is 4.24. The number of ketones is 1. The molecule has 0 aliphatic carbocycles. The first-order chi connectivity index (χ1) is 6.88. The number of hydrogen-bond donors (Lipinski definition) is 1. The summed E-state index contributed by atoms with van der Waals surface area (Å²) in [5.41, 5.74) is 0. The minimum atomic E-state index is -1.80. The lowest BCUT2D eigenvalue weighted by Crippen LogP contribution is -2.42. The summed E-state index contributed by atoms with van der Waals surface area (Å²) in [4.78, 5) is 11.8. The Kier molecular flexibility index (Phi) is 3.45. The summed E-state index contributed by atoms with van der Waals surface area (Å²) in [6, 6.07) is 0.377. The molecule has 0 aromatic heterocycles. The van der Waals surface area contributed by atoms with E-state index in [1.807, 2.05) is 0 Å². The third-order valence-electron chi connectivity index (χ3n) is 3.14. The van der Waals surface area contributed by atoms with Crippen molar-refractivity contribution in [2.24, 2.45) is 5.92 Å². The molecule has 4 unspecified atom stereocenters. The van der Waals surface area contributed by atoms with Crippen LogP contribution in [0.4, 0.5) is 0 Å². The van der Waals surface area contributed by atoms with Gasteiger partial charge >= 0.3 is 0 Å². The minimum Gasteiger partial charge on any atom is -0.310 e. The molecule has 2 heterocycles. The van der Waals surface area contributed by atoms with E-state index in [4.69, 9.17) is 46.4 Å². The molecule has 0 aromatic carbocycles. The Labute approximate surface area is 109 Å². The summed E-state index contributed by atoms with van der Waals surface area (Å²) in [6.07, 6.45) is 2.40. The van der Waals surface area contributed by atoms with Crippen molar-refractivity contribution in [3.8, 4) is 0 Å². The van der Waals surface area contributed by atoms with Gasteiger partial charge in [-0.25, -0.2) is 0 Å². The quantitative estimate of drug-likeness (QED) is 0.753. The number of nitrogens with one attached hydrogen (secondary N) is 1. The van der Waals surface area contributed by atoms with Gasteiger partial charge in [-0.3, -0.25) is 4.79 Å². The third-order valence-corrected chi connectivity index (χ3v) is 4.06. The van der Waals surface area contributed by atoms with Gasteiger partial charge in [-0.15, -0.1) is 11.6 Å². The first-order valence-corrected chi connectivity index (χ1v) is 6.46. The molecular formula is C9H11Cl4NO. The van der Waals surface area contributed by atoms with Gasteiger partial charge in [-0.2, -0.15) is 0 Å². The molecule has 2 aliphatic rings. The monoisotopic (exact) mass is 289 g/mol. The summed E-state index contributed by atoms with van der Waals surface area (Å²) >= 11 is 22.9. The van der Waals surface area contributed by atoms with Crippen LogP contribution in [0, 0.1) is 5.92 Å². The smallest absolute Gasteiger partial charge is 0.249 e. The highest BCUT2D eigenvalue weighted by molar-refractivity contribution is 6.76. The van der Waals surface area contributed by atoms with Crippen LogP contribution in [0.15, 0.2) is 0 Å². The van der Waals surface area contributed by atoms with Crippen molar-refractivity contribution in [1.29, 1.82) is 0 Å². The Bertz CT molecular complexity index is 278. The van der Waals surface area contributed by atoms with Gasteiger partial charge in [-0.05, 0) is 19.3 Å². The van der Waals surface area contributed by atoms with Crippen LogP contribution in [0.25, 0.3) is 0 Å². The summed E-state index contributed by atoms with van der Waals surface area (Å²) < 4.78 is -1.80. The van der Waals surface area contributed by atoms with Gasteiger partial charge in [-0.1, -0.05) is 34.8 Å². The second kappa shape index (κ2) is 4.23. The Morgan fingerprint density at radius 3 is 2.47 bits per heavy atom. The Morgan fingerprint density at radius 2 is 1.87 bits per heavy atom. The average Bonchev–Trinajstić information content (AvgIpc) is 2.38. The van der Waals surface area contributed by atoms with Gasteiger partial charge in [0.25, 0.3) is 0 Å². The number of carbonyl (C=O) groups excluding carboxylic acids is 1. The number of Topliss-reactive ketones (excluding diaryl/α,β-unsaturated/α-hetero) is 1. The van der Waals surface area contributed by atoms with Crippen LogP contribution in [0.2, 0.25) is 0 Å². The van der Waals surface area contributed by atoms with E-state index in [9.17, 15) is 4.79 Å². The SMILES string of the molecule is O=C(C1CC2CC(Cl)CC1N2)C(Cl)(Cl)Cl. The van der Waals surface area contributed by atoms with Gasteiger partial charge < -0.3 is 5.32 Å². The zero-order chi connectivity index (χ0) is 11.2. The molecule has 2 fully saturated rings. The van der Waals surface area contributed by atoms with Crippen molar-refractivity contribution < 1.29 is 4.79 Å². The van der Waals surface area contributed by atoms with Crippen LogP contribution < -0.4 is 5.32 Å². The van der Waals surface area contributed by atoms with E-state index in [1.54, 1.807) is 0 Å². The van der Waals surface area contributed by atoms with Crippen LogP contribution in [0.5, 0.6) is 0 Å². The minimum absolute atomic E-state index is 0.0781. The lowest BCUT2D eigenvalue weighted by Gasteiger charge is -2.26. The van der Waals surface area contributed by atoms with Crippen LogP contribution in [0.3, 0.4) is 0 Å². The van der Waals surface area contributed by atoms with E-state index in [0.717, 1.165) is 19.3 Å². The molecular weight excluding hydrogens is 280 g/mol. The second-order valence-corrected chi connectivity index (χ2v) is 7.14. The highest BCUT2D eigenvalue weighted by Gasteiger charge is 2.48. The van der Waals surface area contributed by atoms with Crippen molar-refractivity contribution in [2.75, 3.05) is 0 Å². The summed E-state index contributed by atoms with van der Waals surface area (Å²) in [5.74, 6) is -0.510. The predicted molar refractivity (Wildman–Crippen MR) is 63.0 cm³/mol. The molecule has 2 nitrogen and oxygen atoms in total. The molecule has 15 heavy (non-hydrogen) atoms. The molecule has 0 radical (unpaired) electrons. The fourth-order valence-corrected chi connectivity index (χ4v) is 3.36. The molecule has 86 valence electrons. The first kappa shape index (κ1) is 12.3. The zero-order valence-electron chi connectivity index (χ0n) is 7.85. The maximum Gasteiger partial charge on any atom is 0.249 e. The average molecular weight is 291 g/mol. The van der Waals surface area contributed by atoms with E-state index < -0.39 is 3.79 Å². The molecule has 2 bridgehead atoms. The van der Waals surface area contributed by atoms with E-state index in [2.05, 4.69) is 5.32 Å². The zero-order valence-corrected chi connectivity index (χ0v) is 10.9. The highest BCUT2D eigenvalue weighted by Crippen LogP contribution is 2.40. The molecule has 0 saturated carbocycles. The van der Waals surface area contributed by atoms with Gasteiger partial charge in [0.2, 0.25) is 3.79 Å². The fourth-order valence-electron chi connectivity index (χ4n) is 2.53. The lowest BCUT2D eigenvalue weighted by molar-refractivity contribution is -0.122. The molecule has 0 amide bonds. The molecule has 0 spiro atoms. The summed E-state index contributed by atoms with van der Waals surface area (Å²) in [7, 11) is 0. The Morgan fingerprint density at radius 1 is 1.20 bits per heavy atom. The number of hydrogen-bond acceptors (Lipinski definition) is 2. The van der Waals surface area contributed by atoms with Crippen LogP contribution in [0.1, 0.15) is 19.3 Å². The van der Waals surface area contributed by atoms with Gasteiger partial charge in [0.05, 0.1) is 0 Å². The lowest BCUT2D eigenvalue weighted by atomic mass is 9.94. The molecule has 4 atom stereocenters. The predicted octanol–water partition coefficient (Wildman–Crippen LogP) is 2.67. The van der Waals surface area contributed by atoms with E-state index in [0.29, 0.717) is 6.04 Å². The maximum atomic E-state index is 11.8. The molecule has 2 saturated heterocycles. The Balaban J connectivity index is 2.10. The standard InChI is InChI=1S/C9H11Cl4NO/c10-4-1-5-3-6(7(2-4)14-5)8(15)9(11,12)13/h4-7,14H,1-3H2. The van der Waals surface area contributed by atoms with Crippen molar-refractivity contribution in [2.45, 2.75) is 40.5 Å². The van der Waals surface area contributed by atoms with Crippen molar-refractivity contribution >= 4 is 52.2 Å². The van der Waals surface area contributed by atoms with Crippen LogP contribution >= 0.6 is 46.4 Å². The van der Waals surface area contributed by atoms with Crippen molar-refractivity contribution in [1.82, 2.24) is 5.32 Å². The summed E-state index contributed by atoms with van der Waals surface area (Å²) in [5, 5.41) is 3.48. The molecule has 6 heteroatoms. The third kappa shape index (κ3) is 2.55. The van der Waals surface area contributed by atoms with Gasteiger partial charge in [0.15, 0.2) is 5.78 Å². The Hall–Kier alpha value is 0.790. The number of alkyl halides is 4. The van der Waals surface area contributed by atoms with E-state index in [-0.39, 0.29) is 23.1 Å². The largest absolute Gasteiger partial charge is 0.310 e. The number of piperidine rings is 1. The van der Waals surface area contributed by atoms with E-state index >= 15 is 0 Å². The molecule has 2 rings (SSSR count). The van der Waals surface area contributed by atoms with Gasteiger partial charge in [0.1, 0.15) is 0 Å². The molecule has 0 aromatic rings. The first-order valence-electron chi connectivity index (χ1n) is 4.89. The number of carbonyl (C=O) groups is 1. The fraction of sp³-hybridized carbons (Fsp3) is 0.889. The van der Waals surface area contributed by atoms with Gasteiger partial charge in [0, 0.05) is 23.4 Å². The topological polar surface area (TPSA) is 29.1 Å². The van der Waals surface area contributed by atoms with E-state index in [1.165, 1.54) is 0 Å². The normalized spacial score (nSPS) is 40.5. The van der Waals surface area contributed by atoms with Crippen molar-refractivity contribution in [3.63, 3.8) is 0 Å². The van der Waals surface area contributed by atoms with Crippen LogP contribution in [-0.2, 0) is 4.79 Å². The molecule has 1 N–H and O–H groups in total. The number of halogens is 4. The van der Waals surface area contributed by atoms with Crippen molar-refractivity contribution in [3.05, 3.63) is 0 Å². The highest BCUT2D eigenvalue weighted by atomic mass is 35.6. The maximum absolute atomic E-state index is 11.8. The summed E-state index contributed by atoms with van der Waals surface area (Å²) in [6.45, 7) is 0. The number of fused-ring (bicyclic) bond motifs is 2.